The molecule has 0 spiro atoms. The van der Waals surface area contributed by atoms with Gasteiger partial charge < -0.3 is 4.90 Å². The predicted octanol–water partition coefficient (Wildman–Crippen LogP) is 3.58. The van der Waals surface area contributed by atoms with Crippen LogP contribution in [0, 0.1) is 0 Å². The number of aromatic nitrogens is 3. The van der Waals surface area contributed by atoms with Crippen LogP contribution in [-0.4, -0.2) is 38.9 Å². The van der Waals surface area contributed by atoms with Crippen LogP contribution in [0.25, 0.3) is 0 Å². The molecule has 1 aromatic heterocycles. The number of likely N-dealkylation sites (tertiary alicyclic amines) is 1. The first kappa shape index (κ1) is 18.0. The third-order valence-corrected chi connectivity index (χ3v) is 5.32. The molecular formula is C19H21F3N4O. The Hall–Kier alpha value is -2.38. The number of halogens is 3. The minimum atomic E-state index is -4.33. The maximum atomic E-state index is 12.6. The van der Waals surface area contributed by atoms with Crippen LogP contribution in [0.2, 0.25) is 0 Å². The van der Waals surface area contributed by atoms with Gasteiger partial charge in [-0.25, -0.2) is 4.68 Å². The van der Waals surface area contributed by atoms with Gasteiger partial charge in [0, 0.05) is 31.6 Å². The van der Waals surface area contributed by atoms with E-state index < -0.39 is 11.7 Å². The highest BCUT2D eigenvalue weighted by atomic mass is 19.4. The van der Waals surface area contributed by atoms with Crippen LogP contribution in [0.3, 0.4) is 0 Å². The second kappa shape index (κ2) is 6.98. The van der Waals surface area contributed by atoms with Gasteiger partial charge in [-0.15, -0.1) is 5.10 Å². The first-order valence-electron chi connectivity index (χ1n) is 9.26. The number of nitrogens with zero attached hydrogens (tertiary/aromatic N) is 4. The number of carbonyl (C=O) groups excluding carboxylic acids is 1. The molecule has 1 atom stereocenters. The highest BCUT2D eigenvalue weighted by molar-refractivity contribution is 5.76. The SMILES string of the molecule is O=C(CCc1ccc(C(F)(F)F)cc1)N1CCC(n2cc(C3CC3)nn2)C1. The molecule has 1 aliphatic carbocycles. The lowest BCUT2D eigenvalue weighted by Crippen LogP contribution is -2.29. The first-order chi connectivity index (χ1) is 12.9. The van der Waals surface area contributed by atoms with Crippen molar-refractivity contribution in [2.75, 3.05) is 13.1 Å². The molecule has 1 saturated heterocycles. The Bertz CT molecular complexity index is 811. The molecule has 1 aliphatic heterocycles. The standard InChI is InChI=1S/C19H21F3N4O/c20-19(21,22)15-6-1-13(2-7-15)3-8-18(27)25-10-9-16(11-25)26-12-17(23-24-26)14-4-5-14/h1-2,6-7,12,14,16H,3-5,8-11H2. The van der Waals surface area contributed by atoms with Gasteiger partial charge in [0.05, 0.1) is 17.3 Å². The monoisotopic (exact) mass is 378 g/mol. The predicted molar refractivity (Wildman–Crippen MR) is 92.0 cm³/mol. The van der Waals surface area contributed by atoms with Gasteiger partial charge in [-0.05, 0) is 43.4 Å². The minimum absolute atomic E-state index is 0.0277. The molecule has 5 nitrogen and oxygen atoms in total. The van der Waals surface area contributed by atoms with E-state index in [0.717, 1.165) is 29.8 Å². The number of rotatable bonds is 5. The fourth-order valence-corrected chi connectivity index (χ4v) is 3.49. The van der Waals surface area contributed by atoms with Crippen molar-refractivity contribution in [1.82, 2.24) is 19.9 Å². The van der Waals surface area contributed by atoms with Crippen LogP contribution in [0.4, 0.5) is 13.2 Å². The number of carbonyl (C=O) groups is 1. The van der Waals surface area contributed by atoms with Crippen molar-refractivity contribution >= 4 is 5.91 Å². The lowest BCUT2D eigenvalue weighted by atomic mass is 10.1. The zero-order valence-electron chi connectivity index (χ0n) is 14.8. The third kappa shape index (κ3) is 4.14. The van der Waals surface area contributed by atoms with Crippen LogP contribution in [0.15, 0.2) is 30.5 Å². The molecule has 2 aliphatic rings. The number of alkyl halides is 3. The molecule has 4 rings (SSSR count). The van der Waals surface area contributed by atoms with Crippen molar-refractivity contribution in [3.8, 4) is 0 Å². The summed E-state index contributed by atoms with van der Waals surface area (Å²) >= 11 is 0. The van der Waals surface area contributed by atoms with Crippen molar-refractivity contribution in [3.05, 3.63) is 47.3 Å². The van der Waals surface area contributed by atoms with Gasteiger partial charge >= 0.3 is 6.18 Å². The van der Waals surface area contributed by atoms with Crippen LogP contribution < -0.4 is 0 Å². The van der Waals surface area contributed by atoms with Gasteiger partial charge in [-0.1, -0.05) is 17.3 Å². The maximum absolute atomic E-state index is 12.6. The molecule has 0 N–H and O–H groups in total. The van der Waals surface area contributed by atoms with Crippen LogP contribution in [0.5, 0.6) is 0 Å². The van der Waals surface area contributed by atoms with Crippen molar-refractivity contribution in [3.63, 3.8) is 0 Å². The Balaban J connectivity index is 1.28. The molecule has 1 unspecified atom stereocenters. The second-order valence-corrected chi connectivity index (χ2v) is 7.37. The van der Waals surface area contributed by atoms with Gasteiger partial charge in [0.15, 0.2) is 0 Å². The molecule has 1 amide bonds. The van der Waals surface area contributed by atoms with Crippen molar-refractivity contribution in [2.45, 2.75) is 50.2 Å². The highest BCUT2D eigenvalue weighted by Gasteiger charge is 2.31. The summed E-state index contributed by atoms with van der Waals surface area (Å²) < 4.78 is 39.6. The molecule has 2 heterocycles. The van der Waals surface area contributed by atoms with Crippen LogP contribution in [0.1, 0.15) is 54.5 Å². The van der Waals surface area contributed by atoms with E-state index in [4.69, 9.17) is 0 Å². The third-order valence-electron chi connectivity index (χ3n) is 5.32. The van der Waals surface area contributed by atoms with Gasteiger partial charge in [-0.3, -0.25) is 4.79 Å². The van der Waals surface area contributed by atoms with Gasteiger partial charge in [0.2, 0.25) is 5.91 Å². The van der Waals surface area contributed by atoms with E-state index in [0.29, 0.717) is 31.8 Å². The van der Waals surface area contributed by atoms with E-state index in [-0.39, 0.29) is 11.9 Å². The number of aryl methyl sites for hydroxylation is 1. The Morgan fingerprint density at radius 2 is 1.89 bits per heavy atom. The summed E-state index contributed by atoms with van der Waals surface area (Å²) in [4.78, 5) is 14.3. The van der Waals surface area contributed by atoms with E-state index >= 15 is 0 Å². The Kier molecular flexibility index (Phi) is 4.65. The summed E-state index contributed by atoms with van der Waals surface area (Å²) in [6.45, 7) is 1.29. The highest BCUT2D eigenvalue weighted by Crippen LogP contribution is 2.39. The molecule has 0 radical (unpaired) electrons. The number of benzene rings is 1. The lowest BCUT2D eigenvalue weighted by Gasteiger charge is -2.16. The molecule has 0 bridgehead atoms. The van der Waals surface area contributed by atoms with E-state index in [1.807, 2.05) is 15.8 Å². The fourth-order valence-electron chi connectivity index (χ4n) is 3.49. The van der Waals surface area contributed by atoms with Gasteiger partial charge in [0.25, 0.3) is 0 Å². The molecule has 2 aromatic rings. The Labute approximate surface area is 155 Å². The maximum Gasteiger partial charge on any atom is 0.416 e. The first-order valence-corrected chi connectivity index (χ1v) is 9.26. The van der Waals surface area contributed by atoms with Crippen molar-refractivity contribution in [1.29, 1.82) is 0 Å². The average molecular weight is 378 g/mol. The van der Waals surface area contributed by atoms with Crippen molar-refractivity contribution < 1.29 is 18.0 Å². The lowest BCUT2D eigenvalue weighted by molar-refractivity contribution is -0.137. The summed E-state index contributed by atoms with van der Waals surface area (Å²) in [5, 5.41) is 8.43. The average Bonchev–Trinajstić information content (AvgIpc) is 3.18. The minimum Gasteiger partial charge on any atom is -0.340 e. The summed E-state index contributed by atoms with van der Waals surface area (Å²) in [7, 11) is 0. The molecular weight excluding hydrogens is 357 g/mol. The van der Waals surface area contributed by atoms with E-state index in [9.17, 15) is 18.0 Å². The second-order valence-electron chi connectivity index (χ2n) is 7.37. The molecule has 144 valence electrons. The summed E-state index contributed by atoms with van der Waals surface area (Å²) in [5.41, 5.74) is 1.11. The zero-order valence-corrected chi connectivity index (χ0v) is 14.8. The summed E-state index contributed by atoms with van der Waals surface area (Å²) in [5.74, 6) is 0.585. The molecule has 27 heavy (non-hydrogen) atoms. The molecule has 1 saturated carbocycles. The number of hydrogen-bond acceptors (Lipinski definition) is 3. The number of hydrogen-bond donors (Lipinski definition) is 0. The smallest absolute Gasteiger partial charge is 0.340 e. The van der Waals surface area contributed by atoms with E-state index in [1.165, 1.54) is 25.0 Å². The van der Waals surface area contributed by atoms with Crippen molar-refractivity contribution in [2.24, 2.45) is 0 Å². The molecule has 1 aromatic carbocycles. The van der Waals surface area contributed by atoms with Gasteiger partial charge in [0.1, 0.15) is 0 Å². The summed E-state index contributed by atoms with van der Waals surface area (Å²) in [6.07, 6.45) is 1.60. The fraction of sp³-hybridized carbons (Fsp3) is 0.526. The van der Waals surface area contributed by atoms with Crippen LogP contribution in [-0.2, 0) is 17.4 Å². The topological polar surface area (TPSA) is 51.0 Å². The molecule has 2 fully saturated rings. The largest absolute Gasteiger partial charge is 0.416 e. The van der Waals surface area contributed by atoms with E-state index in [2.05, 4.69) is 10.3 Å². The zero-order chi connectivity index (χ0) is 19.0. The van der Waals surface area contributed by atoms with E-state index in [1.54, 1.807) is 0 Å². The Morgan fingerprint density at radius 3 is 2.56 bits per heavy atom. The Morgan fingerprint density at radius 1 is 1.15 bits per heavy atom. The number of amides is 1. The quantitative estimate of drug-likeness (QED) is 0.799. The van der Waals surface area contributed by atoms with Crippen LogP contribution >= 0.6 is 0 Å². The molecule has 8 heteroatoms. The van der Waals surface area contributed by atoms with Gasteiger partial charge in [-0.2, -0.15) is 13.2 Å². The summed E-state index contributed by atoms with van der Waals surface area (Å²) in [6, 6.07) is 5.16. The normalized spacial score (nSPS) is 20.3.